The molecule has 0 spiro atoms. The third-order valence-electron chi connectivity index (χ3n) is 4.36. The van der Waals surface area contributed by atoms with Gasteiger partial charge in [0.1, 0.15) is 0 Å². The quantitative estimate of drug-likeness (QED) is 0.546. The van der Waals surface area contributed by atoms with Crippen molar-refractivity contribution >= 4 is 28.6 Å². The minimum Gasteiger partial charge on any atom is -0.396 e. The molecule has 1 heterocycles. The van der Waals surface area contributed by atoms with Crippen molar-refractivity contribution in [3.05, 3.63) is 34.6 Å². The molecule has 0 bridgehead atoms. The molecule has 0 radical (unpaired) electrons. The first kappa shape index (κ1) is 20.5. The van der Waals surface area contributed by atoms with Crippen molar-refractivity contribution in [3.63, 3.8) is 0 Å². The molecular formula is C19H27N3O3S. The van der Waals surface area contributed by atoms with Crippen LogP contribution < -0.4 is 10.9 Å². The molecule has 7 heteroatoms. The first-order valence-electron chi connectivity index (χ1n) is 8.88. The Balaban J connectivity index is 2.35. The van der Waals surface area contributed by atoms with E-state index in [-0.39, 0.29) is 23.6 Å². The Hall–Kier alpha value is -1.86. The maximum Gasteiger partial charge on any atom is 0.262 e. The van der Waals surface area contributed by atoms with Gasteiger partial charge in [-0.3, -0.25) is 14.2 Å². The SMILES string of the molecule is CCC(C)(C)NC(=O)C(C)Sc1nc2ccccc2c(=O)n1CCCO. The van der Waals surface area contributed by atoms with Gasteiger partial charge >= 0.3 is 0 Å². The number of hydrogen-bond donors (Lipinski definition) is 2. The fourth-order valence-electron chi connectivity index (χ4n) is 2.40. The zero-order valence-corrected chi connectivity index (χ0v) is 16.6. The van der Waals surface area contributed by atoms with Crippen LogP contribution in [0.2, 0.25) is 0 Å². The van der Waals surface area contributed by atoms with Crippen LogP contribution in [0.1, 0.15) is 40.5 Å². The summed E-state index contributed by atoms with van der Waals surface area (Å²) in [6.07, 6.45) is 1.28. The highest BCUT2D eigenvalue weighted by atomic mass is 32.2. The number of carbonyl (C=O) groups is 1. The van der Waals surface area contributed by atoms with Gasteiger partial charge in [-0.15, -0.1) is 0 Å². The lowest BCUT2D eigenvalue weighted by Crippen LogP contribution is -2.46. The Bertz CT molecular complexity index is 832. The lowest BCUT2D eigenvalue weighted by atomic mass is 10.0. The fraction of sp³-hybridized carbons (Fsp3) is 0.526. The second-order valence-corrected chi connectivity index (χ2v) is 8.24. The number of benzene rings is 1. The van der Waals surface area contributed by atoms with Crippen LogP contribution in [0, 0.1) is 0 Å². The summed E-state index contributed by atoms with van der Waals surface area (Å²) in [6, 6.07) is 7.18. The Kier molecular flexibility index (Phi) is 6.83. The maximum atomic E-state index is 12.8. The number of carbonyl (C=O) groups excluding carboxylic acids is 1. The lowest BCUT2D eigenvalue weighted by Gasteiger charge is -2.26. The molecule has 0 aliphatic rings. The molecule has 1 aromatic carbocycles. The Morgan fingerprint density at radius 1 is 1.38 bits per heavy atom. The highest BCUT2D eigenvalue weighted by Crippen LogP contribution is 2.23. The van der Waals surface area contributed by atoms with E-state index in [0.29, 0.717) is 29.0 Å². The average Bonchev–Trinajstić information content (AvgIpc) is 2.61. The molecule has 2 N–H and O–H groups in total. The van der Waals surface area contributed by atoms with Crippen molar-refractivity contribution in [3.8, 4) is 0 Å². The molecule has 142 valence electrons. The van der Waals surface area contributed by atoms with Crippen molar-refractivity contribution in [2.75, 3.05) is 6.61 Å². The molecule has 0 saturated carbocycles. The van der Waals surface area contributed by atoms with E-state index in [1.807, 2.05) is 33.8 Å². The van der Waals surface area contributed by atoms with Crippen molar-refractivity contribution in [1.82, 2.24) is 14.9 Å². The number of fused-ring (bicyclic) bond motifs is 1. The molecule has 1 unspecified atom stereocenters. The van der Waals surface area contributed by atoms with Gasteiger partial charge in [-0.2, -0.15) is 0 Å². The van der Waals surface area contributed by atoms with Crippen LogP contribution >= 0.6 is 11.8 Å². The normalized spacial score (nSPS) is 13.0. The monoisotopic (exact) mass is 377 g/mol. The Labute approximate surface area is 158 Å². The predicted octanol–water partition coefficient (Wildman–Crippen LogP) is 2.56. The van der Waals surface area contributed by atoms with Gasteiger partial charge in [-0.25, -0.2) is 4.98 Å². The van der Waals surface area contributed by atoms with Gasteiger partial charge in [0, 0.05) is 18.7 Å². The zero-order valence-electron chi connectivity index (χ0n) is 15.8. The molecule has 26 heavy (non-hydrogen) atoms. The topological polar surface area (TPSA) is 84.2 Å². The van der Waals surface area contributed by atoms with E-state index in [1.165, 1.54) is 11.8 Å². The van der Waals surface area contributed by atoms with Crippen LogP contribution in [0.4, 0.5) is 0 Å². The summed E-state index contributed by atoms with van der Waals surface area (Å²) < 4.78 is 1.55. The number of aliphatic hydroxyl groups is 1. The average molecular weight is 378 g/mol. The van der Waals surface area contributed by atoms with E-state index >= 15 is 0 Å². The predicted molar refractivity (Wildman–Crippen MR) is 106 cm³/mol. The van der Waals surface area contributed by atoms with Crippen molar-refractivity contribution in [2.24, 2.45) is 0 Å². The lowest BCUT2D eigenvalue weighted by molar-refractivity contribution is -0.121. The van der Waals surface area contributed by atoms with E-state index in [9.17, 15) is 9.59 Å². The van der Waals surface area contributed by atoms with Crippen LogP contribution in [0.3, 0.4) is 0 Å². The van der Waals surface area contributed by atoms with Gasteiger partial charge in [0.2, 0.25) is 5.91 Å². The molecule has 1 aromatic heterocycles. The van der Waals surface area contributed by atoms with Crippen molar-refractivity contribution < 1.29 is 9.90 Å². The van der Waals surface area contributed by atoms with Gasteiger partial charge < -0.3 is 10.4 Å². The minimum absolute atomic E-state index is 0.00982. The molecule has 0 aliphatic carbocycles. The highest BCUT2D eigenvalue weighted by Gasteiger charge is 2.24. The van der Waals surface area contributed by atoms with Gasteiger partial charge in [-0.05, 0) is 45.7 Å². The van der Waals surface area contributed by atoms with Gasteiger partial charge in [-0.1, -0.05) is 30.8 Å². The van der Waals surface area contributed by atoms with Crippen LogP contribution in [0.5, 0.6) is 0 Å². The number of para-hydroxylation sites is 1. The van der Waals surface area contributed by atoms with E-state index < -0.39 is 5.25 Å². The van der Waals surface area contributed by atoms with Crippen molar-refractivity contribution in [1.29, 1.82) is 0 Å². The summed E-state index contributed by atoms with van der Waals surface area (Å²) >= 11 is 1.27. The molecular weight excluding hydrogens is 350 g/mol. The summed E-state index contributed by atoms with van der Waals surface area (Å²) in [7, 11) is 0. The number of nitrogens with zero attached hydrogens (tertiary/aromatic N) is 2. The highest BCUT2D eigenvalue weighted by molar-refractivity contribution is 8.00. The summed E-state index contributed by atoms with van der Waals surface area (Å²) in [5.74, 6) is -0.0852. The second kappa shape index (κ2) is 8.68. The summed E-state index contributed by atoms with van der Waals surface area (Å²) in [5, 5.41) is 12.8. The molecule has 0 saturated heterocycles. The van der Waals surface area contributed by atoms with E-state index in [2.05, 4.69) is 10.3 Å². The Morgan fingerprint density at radius 2 is 2.08 bits per heavy atom. The van der Waals surface area contributed by atoms with Gasteiger partial charge in [0.25, 0.3) is 5.56 Å². The number of hydrogen-bond acceptors (Lipinski definition) is 5. The standard InChI is InChI=1S/C19H27N3O3S/c1-5-19(3,4)21-16(24)13(2)26-18-20-15-10-7-6-9-14(15)17(25)22(18)11-8-12-23/h6-7,9-10,13,23H,5,8,11-12H2,1-4H3,(H,21,24). The minimum atomic E-state index is -0.394. The van der Waals surface area contributed by atoms with Gasteiger partial charge in [0.05, 0.1) is 16.2 Å². The largest absolute Gasteiger partial charge is 0.396 e. The first-order valence-corrected chi connectivity index (χ1v) is 9.76. The summed E-state index contributed by atoms with van der Waals surface area (Å²) in [6.45, 7) is 8.15. The number of aliphatic hydroxyl groups excluding tert-OH is 1. The second-order valence-electron chi connectivity index (χ2n) is 6.93. The maximum absolute atomic E-state index is 12.8. The van der Waals surface area contributed by atoms with Crippen molar-refractivity contribution in [2.45, 2.75) is 63.0 Å². The van der Waals surface area contributed by atoms with Crippen LogP contribution in [0.25, 0.3) is 10.9 Å². The Morgan fingerprint density at radius 3 is 2.73 bits per heavy atom. The molecule has 0 fully saturated rings. The van der Waals surface area contributed by atoms with Gasteiger partial charge in [0.15, 0.2) is 5.16 Å². The third-order valence-corrected chi connectivity index (χ3v) is 5.45. The molecule has 2 aromatic rings. The molecule has 0 aliphatic heterocycles. The van der Waals surface area contributed by atoms with Crippen LogP contribution in [-0.4, -0.2) is 38.0 Å². The van der Waals surface area contributed by atoms with Crippen LogP contribution in [0.15, 0.2) is 34.2 Å². The van der Waals surface area contributed by atoms with E-state index in [0.717, 1.165) is 6.42 Å². The van der Waals surface area contributed by atoms with Crippen LogP contribution in [-0.2, 0) is 11.3 Å². The number of thioether (sulfide) groups is 1. The smallest absolute Gasteiger partial charge is 0.262 e. The third kappa shape index (κ3) is 4.86. The first-order chi connectivity index (χ1) is 12.3. The molecule has 1 atom stereocenters. The van der Waals surface area contributed by atoms with E-state index in [1.54, 1.807) is 22.8 Å². The molecule has 2 rings (SSSR count). The number of amides is 1. The zero-order chi connectivity index (χ0) is 19.3. The number of aromatic nitrogens is 2. The molecule has 6 nitrogen and oxygen atoms in total. The van der Waals surface area contributed by atoms with E-state index in [4.69, 9.17) is 5.11 Å². The number of rotatable bonds is 8. The summed E-state index contributed by atoms with van der Waals surface area (Å²) in [4.78, 5) is 29.9. The molecule has 1 amide bonds. The fourth-order valence-corrected chi connectivity index (χ4v) is 3.33. The summed E-state index contributed by atoms with van der Waals surface area (Å²) in [5.41, 5.74) is 0.189. The number of nitrogens with one attached hydrogen (secondary N) is 1.